The smallest absolute Gasteiger partial charge is 0.255 e. The number of ether oxygens (including phenoxy) is 1. The molecule has 0 radical (unpaired) electrons. The molecule has 0 aliphatic heterocycles. The van der Waals surface area contributed by atoms with Gasteiger partial charge in [0, 0.05) is 19.0 Å². The van der Waals surface area contributed by atoms with E-state index in [0.29, 0.717) is 30.3 Å². The van der Waals surface area contributed by atoms with E-state index in [0.717, 1.165) is 12.8 Å². The van der Waals surface area contributed by atoms with Gasteiger partial charge in [-0.25, -0.2) is 0 Å². The summed E-state index contributed by atoms with van der Waals surface area (Å²) in [4.78, 5) is 23.8. The lowest BCUT2D eigenvalue weighted by Crippen LogP contribution is -2.35. The maximum absolute atomic E-state index is 12.0. The van der Waals surface area contributed by atoms with Crippen LogP contribution in [0.2, 0.25) is 0 Å². The van der Waals surface area contributed by atoms with Gasteiger partial charge in [0.2, 0.25) is 5.91 Å². The maximum atomic E-state index is 12.0. The van der Waals surface area contributed by atoms with E-state index >= 15 is 0 Å². The van der Waals surface area contributed by atoms with Crippen molar-refractivity contribution in [3.8, 4) is 5.75 Å². The normalized spacial score (nSPS) is 14.7. The summed E-state index contributed by atoms with van der Waals surface area (Å²) in [6.45, 7) is 0.329. The van der Waals surface area contributed by atoms with E-state index in [9.17, 15) is 9.59 Å². The number of methoxy groups -OCH3 is 1. The number of carbonyl (C=O) groups is 2. The second-order valence-corrected chi connectivity index (χ2v) is 5.26. The van der Waals surface area contributed by atoms with Crippen LogP contribution in [0.5, 0.6) is 5.75 Å². The minimum atomic E-state index is -0.221. The molecule has 2 rings (SSSR count). The van der Waals surface area contributed by atoms with Crippen molar-refractivity contribution in [2.24, 2.45) is 0 Å². The van der Waals surface area contributed by atoms with Crippen molar-refractivity contribution in [1.29, 1.82) is 0 Å². The topological polar surface area (TPSA) is 67.4 Å². The zero-order chi connectivity index (χ0) is 15.1. The molecular weight excluding hydrogens is 268 g/mol. The SMILES string of the molecule is COc1ccccc1C(=O)NCCC(=O)NC1CCCC1. The van der Waals surface area contributed by atoms with Crippen molar-refractivity contribution in [2.75, 3.05) is 13.7 Å². The van der Waals surface area contributed by atoms with Crippen LogP contribution >= 0.6 is 0 Å². The largest absolute Gasteiger partial charge is 0.496 e. The third-order valence-electron chi connectivity index (χ3n) is 3.71. The number of hydrogen-bond acceptors (Lipinski definition) is 3. The number of hydrogen-bond donors (Lipinski definition) is 2. The molecule has 21 heavy (non-hydrogen) atoms. The summed E-state index contributed by atoms with van der Waals surface area (Å²) in [6.07, 6.45) is 4.82. The van der Waals surface area contributed by atoms with E-state index < -0.39 is 0 Å². The molecular formula is C16H22N2O3. The van der Waals surface area contributed by atoms with Crippen LogP contribution in [0.25, 0.3) is 0 Å². The number of para-hydroxylation sites is 1. The molecule has 0 heterocycles. The monoisotopic (exact) mass is 290 g/mol. The van der Waals surface area contributed by atoms with Crippen molar-refractivity contribution in [2.45, 2.75) is 38.1 Å². The van der Waals surface area contributed by atoms with Crippen molar-refractivity contribution < 1.29 is 14.3 Å². The first kappa shape index (κ1) is 15.4. The molecule has 2 N–H and O–H groups in total. The number of benzene rings is 1. The molecule has 0 spiro atoms. The molecule has 5 heteroatoms. The molecule has 1 aliphatic rings. The van der Waals surface area contributed by atoms with E-state index in [1.165, 1.54) is 20.0 Å². The first-order valence-electron chi connectivity index (χ1n) is 7.41. The Bertz CT molecular complexity index is 496. The van der Waals surface area contributed by atoms with Gasteiger partial charge in [-0.3, -0.25) is 9.59 Å². The van der Waals surface area contributed by atoms with Gasteiger partial charge in [0.15, 0.2) is 0 Å². The van der Waals surface area contributed by atoms with E-state index in [-0.39, 0.29) is 11.8 Å². The predicted molar refractivity (Wildman–Crippen MR) is 80.3 cm³/mol. The highest BCUT2D eigenvalue weighted by Gasteiger charge is 2.17. The minimum Gasteiger partial charge on any atom is -0.496 e. The second kappa shape index (κ2) is 7.67. The second-order valence-electron chi connectivity index (χ2n) is 5.26. The quantitative estimate of drug-likeness (QED) is 0.840. The molecule has 1 fully saturated rings. The summed E-state index contributed by atoms with van der Waals surface area (Å²) < 4.78 is 5.14. The van der Waals surface area contributed by atoms with Gasteiger partial charge in [0.1, 0.15) is 5.75 Å². The van der Waals surface area contributed by atoms with Gasteiger partial charge in [-0.1, -0.05) is 25.0 Å². The molecule has 0 unspecified atom stereocenters. The molecule has 1 aliphatic carbocycles. The van der Waals surface area contributed by atoms with Crippen molar-refractivity contribution >= 4 is 11.8 Å². The van der Waals surface area contributed by atoms with E-state index in [2.05, 4.69) is 10.6 Å². The highest BCUT2D eigenvalue weighted by atomic mass is 16.5. The average Bonchev–Trinajstić information content (AvgIpc) is 2.99. The molecule has 2 amide bonds. The molecule has 1 saturated carbocycles. The summed E-state index contributed by atoms with van der Waals surface area (Å²) in [5, 5.41) is 5.75. The third kappa shape index (κ3) is 4.48. The van der Waals surface area contributed by atoms with Gasteiger partial charge in [-0.05, 0) is 25.0 Å². The lowest BCUT2D eigenvalue weighted by molar-refractivity contribution is -0.121. The summed E-state index contributed by atoms with van der Waals surface area (Å²) in [6, 6.07) is 7.35. The van der Waals surface area contributed by atoms with Gasteiger partial charge in [0.05, 0.1) is 12.7 Å². The Balaban J connectivity index is 1.74. The van der Waals surface area contributed by atoms with Crippen molar-refractivity contribution in [3.05, 3.63) is 29.8 Å². The molecule has 114 valence electrons. The Morgan fingerprint density at radius 2 is 1.95 bits per heavy atom. The first-order chi connectivity index (χ1) is 10.2. The van der Waals surface area contributed by atoms with Crippen LogP contribution in [0.1, 0.15) is 42.5 Å². The van der Waals surface area contributed by atoms with Gasteiger partial charge >= 0.3 is 0 Å². The molecule has 0 saturated heterocycles. The van der Waals surface area contributed by atoms with E-state index in [1.807, 2.05) is 6.07 Å². The van der Waals surface area contributed by atoms with Crippen LogP contribution < -0.4 is 15.4 Å². The van der Waals surface area contributed by atoms with Crippen LogP contribution in [0.3, 0.4) is 0 Å². The van der Waals surface area contributed by atoms with Crippen molar-refractivity contribution in [1.82, 2.24) is 10.6 Å². The molecule has 5 nitrogen and oxygen atoms in total. The number of amides is 2. The van der Waals surface area contributed by atoms with Crippen LogP contribution in [0, 0.1) is 0 Å². The fourth-order valence-corrected chi connectivity index (χ4v) is 2.59. The molecule has 0 bridgehead atoms. The van der Waals surface area contributed by atoms with Gasteiger partial charge in [-0.15, -0.1) is 0 Å². The Morgan fingerprint density at radius 3 is 2.67 bits per heavy atom. The van der Waals surface area contributed by atoms with Crippen molar-refractivity contribution in [3.63, 3.8) is 0 Å². The van der Waals surface area contributed by atoms with E-state index in [4.69, 9.17) is 4.74 Å². The summed E-state index contributed by atoms with van der Waals surface area (Å²) in [7, 11) is 1.53. The Hall–Kier alpha value is -2.04. The fourth-order valence-electron chi connectivity index (χ4n) is 2.59. The minimum absolute atomic E-state index is 0.00206. The van der Waals surface area contributed by atoms with E-state index in [1.54, 1.807) is 18.2 Å². The Labute approximate surface area is 125 Å². The summed E-state index contributed by atoms with van der Waals surface area (Å²) in [5.41, 5.74) is 0.483. The zero-order valence-electron chi connectivity index (χ0n) is 12.4. The molecule has 0 atom stereocenters. The molecule has 1 aromatic rings. The van der Waals surface area contributed by atoms with Gasteiger partial charge < -0.3 is 15.4 Å². The highest BCUT2D eigenvalue weighted by molar-refractivity contribution is 5.97. The van der Waals surface area contributed by atoms with Crippen LogP contribution in [-0.2, 0) is 4.79 Å². The number of rotatable bonds is 6. The summed E-state index contributed by atoms with van der Waals surface area (Å²) >= 11 is 0. The highest BCUT2D eigenvalue weighted by Crippen LogP contribution is 2.18. The third-order valence-corrected chi connectivity index (χ3v) is 3.71. The fraction of sp³-hybridized carbons (Fsp3) is 0.500. The lowest BCUT2D eigenvalue weighted by atomic mass is 10.2. The Morgan fingerprint density at radius 1 is 1.24 bits per heavy atom. The standard InChI is InChI=1S/C16H22N2O3/c1-21-14-9-5-4-8-13(14)16(20)17-11-10-15(19)18-12-6-2-3-7-12/h4-5,8-9,12H,2-3,6-7,10-11H2,1H3,(H,17,20)(H,18,19). The first-order valence-corrected chi connectivity index (χ1v) is 7.41. The number of nitrogens with one attached hydrogen (secondary N) is 2. The Kier molecular flexibility index (Phi) is 5.60. The van der Waals surface area contributed by atoms with Crippen LogP contribution in [0.15, 0.2) is 24.3 Å². The van der Waals surface area contributed by atoms with Gasteiger partial charge in [0.25, 0.3) is 5.91 Å². The van der Waals surface area contributed by atoms with Crippen LogP contribution in [0.4, 0.5) is 0 Å². The van der Waals surface area contributed by atoms with Gasteiger partial charge in [-0.2, -0.15) is 0 Å². The zero-order valence-corrected chi connectivity index (χ0v) is 12.4. The number of carbonyl (C=O) groups excluding carboxylic acids is 2. The lowest BCUT2D eigenvalue weighted by Gasteiger charge is -2.12. The maximum Gasteiger partial charge on any atom is 0.255 e. The summed E-state index contributed by atoms with van der Waals surface area (Å²) in [5.74, 6) is 0.314. The average molecular weight is 290 g/mol. The van der Waals surface area contributed by atoms with Crippen LogP contribution in [-0.4, -0.2) is 31.5 Å². The molecule has 0 aromatic heterocycles. The predicted octanol–water partition coefficient (Wildman–Crippen LogP) is 1.87. The molecule has 1 aromatic carbocycles.